The molecule has 0 spiro atoms. The van der Waals surface area contributed by atoms with Crippen LogP contribution < -0.4 is 16.0 Å². The molecule has 4 heteroatoms. The van der Waals surface area contributed by atoms with Crippen LogP contribution in [0.1, 0.15) is 38.3 Å². The normalized spacial score (nSPS) is 11.2. The van der Waals surface area contributed by atoms with Crippen LogP contribution in [-0.4, -0.2) is 12.5 Å². The fourth-order valence-electron chi connectivity index (χ4n) is 1.69. The summed E-state index contributed by atoms with van der Waals surface area (Å²) < 4.78 is 5.70. The number of hydrazine groups is 1. The van der Waals surface area contributed by atoms with Gasteiger partial charge < -0.3 is 4.74 Å². The van der Waals surface area contributed by atoms with Crippen LogP contribution in [0, 0.1) is 6.92 Å². The second-order valence-electron chi connectivity index (χ2n) is 5.42. The molecule has 0 aliphatic rings. The van der Waals surface area contributed by atoms with Gasteiger partial charge in [-0.15, -0.1) is 0 Å². The molecule has 1 aromatic carbocycles. The minimum Gasteiger partial charge on any atom is -0.493 e. The van der Waals surface area contributed by atoms with Crippen molar-refractivity contribution in [3.8, 4) is 5.75 Å². The standard InChI is InChI=1S/C14H22N2O2/c1-10-5-6-11(14(2,3)4)12(9-10)18-8-7-13(17)16-15/h5-6,9H,7-8,15H2,1-4H3,(H,16,17). The van der Waals surface area contributed by atoms with Gasteiger partial charge >= 0.3 is 0 Å². The number of ether oxygens (including phenoxy) is 1. The van der Waals surface area contributed by atoms with Gasteiger partial charge in [0.25, 0.3) is 0 Å². The van der Waals surface area contributed by atoms with E-state index in [2.05, 4.69) is 38.3 Å². The van der Waals surface area contributed by atoms with E-state index in [1.807, 2.05) is 13.0 Å². The third-order valence-electron chi connectivity index (χ3n) is 2.69. The van der Waals surface area contributed by atoms with Crippen LogP contribution in [0.2, 0.25) is 0 Å². The molecule has 0 fully saturated rings. The van der Waals surface area contributed by atoms with Crippen LogP contribution in [0.25, 0.3) is 0 Å². The lowest BCUT2D eigenvalue weighted by Gasteiger charge is -2.23. The summed E-state index contributed by atoms with van der Waals surface area (Å²) in [5.41, 5.74) is 4.38. The van der Waals surface area contributed by atoms with Gasteiger partial charge in [-0.05, 0) is 29.5 Å². The molecule has 0 bridgehead atoms. The summed E-state index contributed by atoms with van der Waals surface area (Å²) in [7, 11) is 0. The van der Waals surface area contributed by atoms with Crippen molar-refractivity contribution in [3.63, 3.8) is 0 Å². The third kappa shape index (κ3) is 4.04. The van der Waals surface area contributed by atoms with E-state index in [-0.39, 0.29) is 17.7 Å². The Morgan fingerprint density at radius 2 is 2.06 bits per heavy atom. The summed E-state index contributed by atoms with van der Waals surface area (Å²) in [6.07, 6.45) is 0.258. The molecule has 0 heterocycles. The molecule has 0 aliphatic carbocycles. The summed E-state index contributed by atoms with van der Waals surface area (Å²) in [5, 5.41) is 0. The van der Waals surface area contributed by atoms with Gasteiger partial charge in [-0.25, -0.2) is 5.84 Å². The maximum absolute atomic E-state index is 11.0. The monoisotopic (exact) mass is 250 g/mol. The van der Waals surface area contributed by atoms with Crippen LogP contribution in [-0.2, 0) is 10.2 Å². The molecule has 1 aromatic rings. The largest absolute Gasteiger partial charge is 0.493 e. The predicted molar refractivity (Wildman–Crippen MR) is 72.3 cm³/mol. The summed E-state index contributed by atoms with van der Waals surface area (Å²) in [5.74, 6) is 5.64. The van der Waals surface area contributed by atoms with Crippen molar-refractivity contribution >= 4 is 5.91 Å². The molecule has 1 rings (SSSR count). The predicted octanol–water partition coefficient (Wildman–Crippen LogP) is 2.05. The highest BCUT2D eigenvalue weighted by Gasteiger charge is 2.19. The zero-order valence-corrected chi connectivity index (χ0v) is 11.5. The number of carbonyl (C=O) groups is 1. The second kappa shape index (κ2) is 5.87. The van der Waals surface area contributed by atoms with E-state index in [1.54, 1.807) is 0 Å². The molecule has 0 aliphatic heterocycles. The van der Waals surface area contributed by atoms with Crippen molar-refractivity contribution in [2.45, 2.75) is 39.5 Å². The Hall–Kier alpha value is -1.55. The maximum atomic E-state index is 11.0. The van der Waals surface area contributed by atoms with Crippen LogP contribution in [0.5, 0.6) is 5.75 Å². The van der Waals surface area contributed by atoms with E-state index in [1.165, 1.54) is 0 Å². The Bertz CT molecular complexity index is 422. The fraction of sp³-hybridized carbons (Fsp3) is 0.500. The first-order valence-corrected chi connectivity index (χ1v) is 6.08. The first-order chi connectivity index (χ1) is 8.34. The smallest absolute Gasteiger partial charge is 0.237 e. The van der Waals surface area contributed by atoms with Crippen molar-refractivity contribution in [1.82, 2.24) is 5.43 Å². The number of amides is 1. The highest BCUT2D eigenvalue weighted by atomic mass is 16.5. The average molecular weight is 250 g/mol. The molecule has 3 N–H and O–H groups in total. The van der Waals surface area contributed by atoms with E-state index in [0.29, 0.717) is 6.61 Å². The highest BCUT2D eigenvalue weighted by molar-refractivity contribution is 5.75. The van der Waals surface area contributed by atoms with E-state index in [4.69, 9.17) is 10.6 Å². The second-order valence-corrected chi connectivity index (χ2v) is 5.42. The summed E-state index contributed by atoms with van der Waals surface area (Å²) >= 11 is 0. The number of hydrogen-bond donors (Lipinski definition) is 2. The molecule has 1 amide bonds. The zero-order valence-electron chi connectivity index (χ0n) is 11.5. The van der Waals surface area contributed by atoms with Crippen LogP contribution in [0.15, 0.2) is 18.2 Å². The molecule has 0 radical (unpaired) electrons. The van der Waals surface area contributed by atoms with Gasteiger partial charge in [0.2, 0.25) is 5.91 Å². The van der Waals surface area contributed by atoms with Crippen molar-refractivity contribution in [2.75, 3.05) is 6.61 Å². The van der Waals surface area contributed by atoms with Crippen molar-refractivity contribution < 1.29 is 9.53 Å². The molecule has 0 aromatic heterocycles. The Balaban J connectivity index is 2.80. The number of hydrogen-bond acceptors (Lipinski definition) is 3. The molecule has 100 valence electrons. The van der Waals surface area contributed by atoms with E-state index in [9.17, 15) is 4.79 Å². The van der Waals surface area contributed by atoms with E-state index in [0.717, 1.165) is 16.9 Å². The minimum atomic E-state index is -0.222. The lowest BCUT2D eigenvalue weighted by molar-refractivity contribution is -0.121. The Morgan fingerprint density at radius 1 is 1.39 bits per heavy atom. The molecule has 0 unspecified atom stereocenters. The number of nitrogens with one attached hydrogen (secondary N) is 1. The molecular formula is C14H22N2O2. The van der Waals surface area contributed by atoms with Crippen molar-refractivity contribution in [3.05, 3.63) is 29.3 Å². The van der Waals surface area contributed by atoms with Crippen molar-refractivity contribution in [1.29, 1.82) is 0 Å². The van der Waals surface area contributed by atoms with E-state index >= 15 is 0 Å². The van der Waals surface area contributed by atoms with Crippen molar-refractivity contribution in [2.24, 2.45) is 5.84 Å². The average Bonchev–Trinajstić information content (AvgIpc) is 2.27. The number of nitrogens with two attached hydrogens (primary N) is 1. The van der Waals surface area contributed by atoms with Gasteiger partial charge in [0.15, 0.2) is 0 Å². The molecule has 0 atom stereocenters. The Labute approximate surface area is 108 Å². The van der Waals surface area contributed by atoms with Crippen LogP contribution in [0.3, 0.4) is 0 Å². The lowest BCUT2D eigenvalue weighted by atomic mass is 9.86. The maximum Gasteiger partial charge on any atom is 0.237 e. The number of benzene rings is 1. The molecule has 0 saturated heterocycles. The molecule has 4 nitrogen and oxygen atoms in total. The van der Waals surface area contributed by atoms with Crippen LogP contribution in [0.4, 0.5) is 0 Å². The first kappa shape index (κ1) is 14.5. The van der Waals surface area contributed by atoms with E-state index < -0.39 is 0 Å². The number of carbonyl (C=O) groups excluding carboxylic acids is 1. The summed E-state index contributed by atoms with van der Waals surface area (Å²) in [6, 6.07) is 6.15. The SMILES string of the molecule is Cc1ccc(C(C)(C)C)c(OCCC(=O)NN)c1. The topological polar surface area (TPSA) is 64.3 Å². The highest BCUT2D eigenvalue weighted by Crippen LogP contribution is 2.32. The van der Waals surface area contributed by atoms with Gasteiger partial charge in [-0.1, -0.05) is 32.9 Å². The Kier molecular flexibility index (Phi) is 4.73. The first-order valence-electron chi connectivity index (χ1n) is 6.08. The number of aryl methyl sites for hydroxylation is 1. The van der Waals surface area contributed by atoms with Gasteiger partial charge in [0.05, 0.1) is 13.0 Å². The van der Waals surface area contributed by atoms with Gasteiger partial charge in [0.1, 0.15) is 5.75 Å². The minimum absolute atomic E-state index is 0.0131. The van der Waals surface area contributed by atoms with Gasteiger partial charge in [0, 0.05) is 0 Å². The van der Waals surface area contributed by atoms with Gasteiger partial charge in [-0.3, -0.25) is 10.2 Å². The molecule has 0 saturated carbocycles. The fourth-order valence-corrected chi connectivity index (χ4v) is 1.69. The zero-order chi connectivity index (χ0) is 13.8. The van der Waals surface area contributed by atoms with Crippen LogP contribution >= 0.6 is 0 Å². The quantitative estimate of drug-likeness (QED) is 0.488. The molecule has 18 heavy (non-hydrogen) atoms. The third-order valence-corrected chi connectivity index (χ3v) is 2.69. The number of rotatable bonds is 4. The molecular weight excluding hydrogens is 228 g/mol. The summed E-state index contributed by atoms with van der Waals surface area (Å²) in [6.45, 7) is 8.76. The Morgan fingerprint density at radius 3 is 2.61 bits per heavy atom. The lowest BCUT2D eigenvalue weighted by Crippen LogP contribution is -2.31. The summed E-state index contributed by atoms with van der Waals surface area (Å²) in [4.78, 5) is 11.0. The van der Waals surface area contributed by atoms with Gasteiger partial charge in [-0.2, -0.15) is 0 Å².